The maximum absolute atomic E-state index is 13.2. The van der Waals surface area contributed by atoms with Gasteiger partial charge in [0, 0.05) is 27.3 Å². The Morgan fingerprint density at radius 3 is 1.97 bits per heavy atom. The van der Waals surface area contributed by atoms with Crippen molar-refractivity contribution in [1.29, 1.82) is 0 Å². The predicted molar refractivity (Wildman–Crippen MR) is 141 cm³/mol. The van der Waals surface area contributed by atoms with Crippen molar-refractivity contribution < 1.29 is 9.18 Å². The van der Waals surface area contributed by atoms with Crippen molar-refractivity contribution in [2.24, 2.45) is 0 Å². The zero-order chi connectivity index (χ0) is 24.0. The van der Waals surface area contributed by atoms with Gasteiger partial charge in [0.05, 0.1) is 11.4 Å². The number of halogens is 1. The van der Waals surface area contributed by atoms with E-state index in [2.05, 4.69) is 24.3 Å². The summed E-state index contributed by atoms with van der Waals surface area (Å²) in [4.78, 5) is 13.0. The van der Waals surface area contributed by atoms with E-state index in [9.17, 15) is 9.18 Å². The van der Waals surface area contributed by atoms with Gasteiger partial charge in [0.15, 0.2) is 12.5 Å². The fourth-order valence-electron chi connectivity index (χ4n) is 4.12. The van der Waals surface area contributed by atoms with Gasteiger partial charge in [-0.3, -0.25) is 4.79 Å². The number of hydrogen-bond acceptors (Lipinski definition) is 3. The normalized spacial score (nSPS) is 10.9. The summed E-state index contributed by atoms with van der Waals surface area (Å²) in [6, 6.07) is 37.6. The van der Waals surface area contributed by atoms with E-state index in [4.69, 9.17) is 5.10 Å². The second kappa shape index (κ2) is 10.5. The van der Waals surface area contributed by atoms with E-state index < -0.39 is 12.5 Å². The van der Waals surface area contributed by atoms with Crippen LogP contribution in [0.5, 0.6) is 0 Å². The van der Waals surface area contributed by atoms with Crippen molar-refractivity contribution >= 4 is 17.5 Å². The molecule has 5 rings (SSSR count). The van der Waals surface area contributed by atoms with Crippen molar-refractivity contribution in [3.8, 4) is 28.1 Å². The Balaban J connectivity index is 1.68. The van der Waals surface area contributed by atoms with Crippen molar-refractivity contribution in [3.63, 3.8) is 0 Å². The number of Topliss-reactive ketones (excluding diaryl/α,β-unsaturated/α-hetero) is 1. The third kappa shape index (κ3) is 4.81. The molecule has 35 heavy (non-hydrogen) atoms. The predicted octanol–water partition coefficient (Wildman–Crippen LogP) is 7.65. The number of ketones is 1. The second-order valence-corrected chi connectivity index (χ2v) is 9.01. The number of para-hydroxylation sites is 1. The molecule has 5 heteroatoms. The van der Waals surface area contributed by atoms with Crippen LogP contribution in [-0.4, -0.2) is 22.2 Å². The highest BCUT2D eigenvalue weighted by Crippen LogP contribution is 2.39. The number of aromatic nitrogens is 2. The van der Waals surface area contributed by atoms with Crippen LogP contribution in [0.4, 0.5) is 4.39 Å². The Kier molecular flexibility index (Phi) is 6.87. The molecule has 0 unspecified atom stereocenters. The van der Waals surface area contributed by atoms with Gasteiger partial charge in [0.25, 0.3) is 0 Å². The van der Waals surface area contributed by atoms with Gasteiger partial charge in [0.1, 0.15) is 5.69 Å². The average molecular weight is 479 g/mol. The maximum Gasteiger partial charge on any atom is 0.194 e. The van der Waals surface area contributed by atoms with E-state index in [1.807, 2.05) is 83.5 Å². The summed E-state index contributed by atoms with van der Waals surface area (Å²) in [5, 5.41) is 5.09. The number of rotatable bonds is 8. The lowest BCUT2D eigenvalue weighted by Gasteiger charge is -2.12. The number of carbonyl (C=O) groups is 1. The van der Waals surface area contributed by atoms with Gasteiger partial charge in [-0.05, 0) is 23.8 Å². The van der Waals surface area contributed by atoms with Crippen molar-refractivity contribution in [1.82, 2.24) is 9.78 Å². The molecule has 0 amide bonds. The van der Waals surface area contributed by atoms with Gasteiger partial charge in [-0.15, -0.1) is 11.8 Å². The fourth-order valence-corrected chi connectivity index (χ4v) is 5.19. The van der Waals surface area contributed by atoms with Crippen molar-refractivity contribution in [2.75, 3.05) is 6.67 Å². The van der Waals surface area contributed by atoms with Gasteiger partial charge in [-0.25, -0.2) is 9.07 Å². The van der Waals surface area contributed by atoms with Gasteiger partial charge in [-0.2, -0.15) is 5.10 Å². The topological polar surface area (TPSA) is 34.9 Å². The van der Waals surface area contributed by atoms with Gasteiger partial charge < -0.3 is 0 Å². The van der Waals surface area contributed by atoms with Crippen LogP contribution >= 0.6 is 11.8 Å². The third-order valence-corrected chi connectivity index (χ3v) is 6.85. The van der Waals surface area contributed by atoms with E-state index in [0.717, 1.165) is 38.7 Å². The molecule has 172 valence electrons. The highest BCUT2D eigenvalue weighted by molar-refractivity contribution is 7.98. The van der Waals surface area contributed by atoms with E-state index in [0.29, 0.717) is 11.3 Å². The molecule has 0 aliphatic heterocycles. The molecular weight excluding hydrogens is 455 g/mol. The van der Waals surface area contributed by atoms with E-state index in [1.54, 1.807) is 12.1 Å². The summed E-state index contributed by atoms with van der Waals surface area (Å²) in [5.74, 6) is 0.0492. The molecule has 0 saturated carbocycles. The van der Waals surface area contributed by atoms with E-state index in [1.165, 1.54) is 11.8 Å². The number of nitrogens with zero attached hydrogens (tertiary/aromatic N) is 2. The molecule has 0 aliphatic carbocycles. The molecule has 3 nitrogen and oxygen atoms in total. The SMILES string of the molecule is O=C(CF)c1ccccc1SCc1c(-c2ccccc2)c(-c2ccccc2)nn1-c1ccccc1. The number of alkyl halides is 1. The summed E-state index contributed by atoms with van der Waals surface area (Å²) in [5.41, 5.74) is 6.41. The summed E-state index contributed by atoms with van der Waals surface area (Å²) in [7, 11) is 0. The monoisotopic (exact) mass is 478 g/mol. The largest absolute Gasteiger partial charge is 0.291 e. The van der Waals surface area contributed by atoms with E-state index >= 15 is 0 Å². The van der Waals surface area contributed by atoms with Gasteiger partial charge >= 0.3 is 0 Å². The Morgan fingerprint density at radius 2 is 1.31 bits per heavy atom. The standard InChI is InChI=1S/C30H23FN2OS/c31-20-27(34)25-18-10-11-19-28(25)35-21-26-29(22-12-4-1-5-13-22)30(23-14-6-2-7-15-23)32-33(26)24-16-8-3-9-17-24/h1-19H,20-21H2. The molecule has 0 radical (unpaired) electrons. The fraction of sp³-hybridized carbons (Fsp3) is 0.0667. The van der Waals surface area contributed by atoms with Gasteiger partial charge in [0.2, 0.25) is 0 Å². The number of benzene rings is 4. The first kappa shape index (κ1) is 22.8. The molecule has 0 N–H and O–H groups in total. The molecular formula is C30H23FN2OS. The van der Waals surface area contributed by atoms with Gasteiger partial charge in [-0.1, -0.05) is 97.1 Å². The van der Waals surface area contributed by atoms with Crippen LogP contribution in [0.2, 0.25) is 0 Å². The first-order valence-electron chi connectivity index (χ1n) is 11.4. The lowest BCUT2D eigenvalue weighted by atomic mass is 9.99. The van der Waals surface area contributed by atoms with Crippen molar-refractivity contribution in [2.45, 2.75) is 10.6 Å². The minimum absolute atomic E-state index is 0.412. The molecule has 5 aromatic rings. The molecule has 1 aromatic heterocycles. The summed E-state index contributed by atoms with van der Waals surface area (Å²) in [6.07, 6.45) is 0. The van der Waals surface area contributed by atoms with Crippen molar-refractivity contribution in [3.05, 3.63) is 127 Å². The lowest BCUT2D eigenvalue weighted by molar-refractivity contribution is 0.0956. The van der Waals surface area contributed by atoms with Crippen LogP contribution in [0.1, 0.15) is 16.1 Å². The summed E-state index contributed by atoms with van der Waals surface area (Å²) in [6.45, 7) is -1.01. The molecule has 0 spiro atoms. The molecule has 0 bridgehead atoms. The van der Waals surface area contributed by atoms with Crippen LogP contribution in [0, 0.1) is 0 Å². The van der Waals surface area contributed by atoms with Crippen LogP contribution in [0.15, 0.2) is 120 Å². The van der Waals surface area contributed by atoms with Crippen LogP contribution in [0.3, 0.4) is 0 Å². The van der Waals surface area contributed by atoms with Crippen LogP contribution in [-0.2, 0) is 5.75 Å². The Morgan fingerprint density at radius 1 is 0.743 bits per heavy atom. The zero-order valence-electron chi connectivity index (χ0n) is 19.0. The average Bonchev–Trinajstić information content (AvgIpc) is 3.32. The summed E-state index contributed by atoms with van der Waals surface area (Å²) < 4.78 is 15.2. The second-order valence-electron chi connectivity index (χ2n) is 7.99. The van der Waals surface area contributed by atoms with Crippen LogP contribution < -0.4 is 0 Å². The number of carbonyl (C=O) groups excluding carboxylic acids is 1. The highest BCUT2D eigenvalue weighted by Gasteiger charge is 2.22. The molecule has 1 heterocycles. The Bertz CT molecular complexity index is 1430. The molecule has 4 aromatic carbocycles. The smallest absolute Gasteiger partial charge is 0.194 e. The highest BCUT2D eigenvalue weighted by atomic mass is 32.2. The molecule has 0 aliphatic rings. The third-order valence-electron chi connectivity index (χ3n) is 5.76. The number of hydrogen-bond donors (Lipinski definition) is 0. The van der Waals surface area contributed by atoms with E-state index in [-0.39, 0.29) is 0 Å². The minimum atomic E-state index is -1.01. The first-order chi connectivity index (χ1) is 17.3. The Hall–Kier alpha value is -3.96. The quantitative estimate of drug-likeness (QED) is 0.170. The zero-order valence-corrected chi connectivity index (χ0v) is 19.8. The molecule has 0 saturated heterocycles. The Labute approximate surface area is 208 Å². The number of thioether (sulfide) groups is 1. The lowest BCUT2D eigenvalue weighted by Crippen LogP contribution is -2.04. The van der Waals surface area contributed by atoms with Crippen LogP contribution in [0.25, 0.3) is 28.1 Å². The summed E-state index contributed by atoms with van der Waals surface area (Å²) >= 11 is 1.52. The first-order valence-corrected chi connectivity index (χ1v) is 12.3. The minimum Gasteiger partial charge on any atom is -0.291 e. The molecule has 0 fully saturated rings. The maximum atomic E-state index is 13.2. The molecule has 0 atom stereocenters.